The Hall–Kier alpha value is -4.30. The number of nitrogens with zero attached hydrogens (tertiary/aromatic N) is 10. The van der Waals surface area contributed by atoms with E-state index in [4.69, 9.17) is 9.97 Å². The van der Waals surface area contributed by atoms with Crippen molar-refractivity contribution in [3.63, 3.8) is 0 Å². The van der Waals surface area contributed by atoms with E-state index in [0.29, 0.717) is 35.6 Å². The van der Waals surface area contributed by atoms with Crippen LogP contribution in [-0.2, 0) is 11.8 Å². The van der Waals surface area contributed by atoms with E-state index >= 15 is 0 Å². The van der Waals surface area contributed by atoms with Crippen LogP contribution in [-0.4, -0.2) is 90.4 Å². The Morgan fingerprint density at radius 3 is 2.45 bits per heavy atom. The Bertz CT molecular complexity index is 1540. The Labute approximate surface area is 220 Å². The largest absolute Gasteiger partial charge is 0.353 e. The Morgan fingerprint density at radius 2 is 1.82 bits per heavy atom. The molecule has 0 spiro atoms. The zero-order chi connectivity index (χ0) is 26.4. The van der Waals surface area contributed by atoms with Gasteiger partial charge in [0.1, 0.15) is 23.0 Å². The van der Waals surface area contributed by atoms with Gasteiger partial charge in [0, 0.05) is 56.7 Å². The van der Waals surface area contributed by atoms with Crippen molar-refractivity contribution in [3.8, 4) is 28.6 Å². The average Bonchev–Trinajstić information content (AvgIpc) is 3.66. The number of pyridine rings is 1. The van der Waals surface area contributed by atoms with E-state index in [1.54, 1.807) is 27.8 Å². The van der Waals surface area contributed by atoms with Gasteiger partial charge in [-0.3, -0.25) is 14.4 Å². The monoisotopic (exact) mass is 510 g/mol. The van der Waals surface area contributed by atoms with Gasteiger partial charge in [-0.2, -0.15) is 15.5 Å². The molecular formula is C27H30N10O. The standard InChI is InChI=1S/C27H30N10O/c1-27(7-4-8-33(27)2)26(38)36-11-9-35(10-12-36)23-6-5-19(14-29-23)24-25-20(13-28)15-31-37(25)18-22(32-24)21-16-30-34(3)17-21/h5-6,14-18H,4,7-12H2,1-3H3/t27-/m1/s1. The van der Waals surface area contributed by atoms with E-state index < -0.39 is 0 Å². The van der Waals surface area contributed by atoms with Crippen LogP contribution in [0, 0.1) is 11.3 Å². The molecule has 0 unspecified atom stereocenters. The van der Waals surface area contributed by atoms with E-state index in [-0.39, 0.29) is 11.4 Å². The molecule has 2 saturated heterocycles. The van der Waals surface area contributed by atoms with Gasteiger partial charge in [-0.1, -0.05) is 0 Å². The predicted octanol–water partition coefficient (Wildman–Crippen LogP) is 2.20. The first-order valence-corrected chi connectivity index (χ1v) is 12.9. The summed E-state index contributed by atoms with van der Waals surface area (Å²) in [6.45, 7) is 5.88. The minimum atomic E-state index is -0.388. The molecule has 0 aromatic carbocycles. The van der Waals surface area contributed by atoms with Crippen molar-refractivity contribution >= 4 is 17.2 Å². The number of aryl methyl sites for hydroxylation is 1. The van der Waals surface area contributed by atoms with Crippen molar-refractivity contribution in [3.05, 3.63) is 48.7 Å². The van der Waals surface area contributed by atoms with E-state index in [1.807, 2.05) is 43.5 Å². The van der Waals surface area contributed by atoms with E-state index in [0.717, 1.165) is 49.4 Å². The Kier molecular flexibility index (Phi) is 5.84. The fourth-order valence-electron chi connectivity index (χ4n) is 5.55. The SMILES string of the molecule is CN1CCC[C@]1(C)C(=O)N1CCN(c2ccc(-c3nc(-c4cnn(C)c4)cn4ncc(C#N)c34)cn2)CC1. The van der Waals surface area contributed by atoms with Gasteiger partial charge < -0.3 is 9.80 Å². The summed E-state index contributed by atoms with van der Waals surface area (Å²) in [6.07, 6.45) is 10.8. The second-order valence-electron chi connectivity index (χ2n) is 10.3. The van der Waals surface area contributed by atoms with Crippen molar-refractivity contribution in [2.45, 2.75) is 25.3 Å². The first kappa shape index (κ1) is 24.1. The molecule has 11 heteroatoms. The van der Waals surface area contributed by atoms with E-state index in [2.05, 4.69) is 33.0 Å². The molecule has 2 aliphatic heterocycles. The Balaban J connectivity index is 1.24. The summed E-state index contributed by atoms with van der Waals surface area (Å²) in [4.78, 5) is 29.3. The van der Waals surface area contributed by atoms with Gasteiger partial charge in [-0.05, 0) is 45.5 Å². The third-order valence-electron chi connectivity index (χ3n) is 7.99. The zero-order valence-corrected chi connectivity index (χ0v) is 21.9. The summed E-state index contributed by atoms with van der Waals surface area (Å²) in [5, 5.41) is 18.3. The molecule has 4 aromatic rings. The first-order chi connectivity index (χ1) is 18.4. The highest BCUT2D eigenvalue weighted by atomic mass is 16.2. The van der Waals surface area contributed by atoms with Gasteiger partial charge in [0.2, 0.25) is 5.91 Å². The van der Waals surface area contributed by atoms with Crippen LogP contribution in [0.2, 0.25) is 0 Å². The van der Waals surface area contributed by atoms with Crippen LogP contribution in [0.5, 0.6) is 0 Å². The van der Waals surface area contributed by atoms with Crippen LogP contribution < -0.4 is 4.90 Å². The molecule has 6 rings (SSSR count). The number of hydrogen-bond acceptors (Lipinski definition) is 8. The van der Waals surface area contributed by atoms with Gasteiger partial charge in [-0.25, -0.2) is 14.5 Å². The molecule has 11 nitrogen and oxygen atoms in total. The number of nitriles is 1. The minimum absolute atomic E-state index is 0.234. The summed E-state index contributed by atoms with van der Waals surface area (Å²) in [5.41, 5.74) is 3.72. The van der Waals surface area contributed by atoms with Gasteiger partial charge in [0.25, 0.3) is 0 Å². The lowest BCUT2D eigenvalue weighted by molar-refractivity contribution is -0.141. The molecule has 2 fully saturated rings. The number of piperazine rings is 1. The highest BCUT2D eigenvalue weighted by Crippen LogP contribution is 2.31. The molecule has 0 saturated carbocycles. The molecule has 194 valence electrons. The summed E-state index contributed by atoms with van der Waals surface area (Å²) < 4.78 is 3.41. The molecule has 0 N–H and O–H groups in total. The van der Waals surface area contributed by atoms with Crippen molar-refractivity contribution in [2.24, 2.45) is 7.05 Å². The second kappa shape index (κ2) is 9.22. The normalized spacial score (nSPS) is 20.3. The number of fused-ring (bicyclic) bond motifs is 1. The number of rotatable bonds is 4. The maximum Gasteiger partial charge on any atom is 0.242 e. The maximum atomic E-state index is 13.3. The molecule has 1 atom stereocenters. The summed E-state index contributed by atoms with van der Waals surface area (Å²) in [7, 11) is 3.90. The third kappa shape index (κ3) is 3.97. The number of carbonyl (C=O) groups is 1. The number of hydrogen-bond donors (Lipinski definition) is 0. The van der Waals surface area contributed by atoms with E-state index in [9.17, 15) is 10.1 Å². The van der Waals surface area contributed by atoms with Crippen LogP contribution in [0.3, 0.4) is 0 Å². The summed E-state index contributed by atoms with van der Waals surface area (Å²) in [6, 6.07) is 6.19. The van der Waals surface area contributed by atoms with Crippen LogP contribution in [0.1, 0.15) is 25.3 Å². The number of aromatic nitrogens is 6. The van der Waals surface area contributed by atoms with Gasteiger partial charge in [0.05, 0.1) is 35.5 Å². The van der Waals surface area contributed by atoms with Gasteiger partial charge in [0.15, 0.2) is 0 Å². The van der Waals surface area contributed by atoms with Crippen LogP contribution in [0.15, 0.2) is 43.1 Å². The molecule has 6 heterocycles. The smallest absolute Gasteiger partial charge is 0.242 e. The lowest BCUT2D eigenvalue weighted by Gasteiger charge is -2.41. The van der Waals surface area contributed by atoms with Gasteiger partial charge >= 0.3 is 0 Å². The molecule has 1 amide bonds. The molecule has 0 aliphatic carbocycles. The molecule has 4 aromatic heterocycles. The summed E-state index contributed by atoms with van der Waals surface area (Å²) in [5.74, 6) is 1.09. The van der Waals surface area contributed by atoms with Crippen molar-refractivity contribution in [2.75, 3.05) is 44.7 Å². The lowest BCUT2D eigenvalue weighted by Crippen LogP contribution is -2.58. The van der Waals surface area contributed by atoms with Crippen molar-refractivity contribution in [1.82, 2.24) is 39.2 Å². The molecular weight excluding hydrogens is 480 g/mol. The fourth-order valence-corrected chi connectivity index (χ4v) is 5.55. The molecule has 0 radical (unpaired) electrons. The van der Waals surface area contributed by atoms with Crippen LogP contribution >= 0.6 is 0 Å². The number of likely N-dealkylation sites (tertiary alicyclic amines) is 1. The number of carbonyl (C=O) groups excluding carboxylic acids is 1. The summed E-state index contributed by atoms with van der Waals surface area (Å²) >= 11 is 0. The highest BCUT2D eigenvalue weighted by molar-refractivity contribution is 5.86. The number of anilines is 1. The third-order valence-corrected chi connectivity index (χ3v) is 7.99. The first-order valence-electron chi connectivity index (χ1n) is 12.9. The topological polar surface area (TPSA) is 111 Å². The number of amides is 1. The lowest BCUT2D eigenvalue weighted by atomic mass is 9.97. The molecule has 38 heavy (non-hydrogen) atoms. The van der Waals surface area contributed by atoms with Crippen molar-refractivity contribution < 1.29 is 4.79 Å². The Morgan fingerprint density at radius 1 is 1.00 bits per heavy atom. The minimum Gasteiger partial charge on any atom is -0.353 e. The van der Waals surface area contributed by atoms with Crippen LogP contribution in [0.4, 0.5) is 5.82 Å². The van der Waals surface area contributed by atoms with Crippen molar-refractivity contribution in [1.29, 1.82) is 5.26 Å². The van der Waals surface area contributed by atoms with E-state index in [1.165, 1.54) is 0 Å². The van der Waals surface area contributed by atoms with Crippen LogP contribution in [0.25, 0.3) is 28.0 Å². The molecule has 0 bridgehead atoms. The highest BCUT2D eigenvalue weighted by Gasteiger charge is 2.43. The second-order valence-corrected chi connectivity index (χ2v) is 10.3. The predicted molar refractivity (Wildman–Crippen MR) is 142 cm³/mol. The fraction of sp³-hybridized carbons (Fsp3) is 0.407. The quantitative estimate of drug-likeness (QED) is 0.411. The molecule has 2 aliphatic rings. The number of likely N-dealkylation sites (N-methyl/N-ethyl adjacent to an activating group) is 1. The maximum absolute atomic E-state index is 13.3. The zero-order valence-electron chi connectivity index (χ0n) is 21.9. The average molecular weight is 511 g/mol. The van der Waals surface area contributed by atoms with Gasteiger partial charge in [-0.15, -0.1) is 0 Å².